The quantitative estimate of drug-likeness (QED) is 0.767. The first-order valence-electron chi connectivity index (χ1n) is 8.13. The van der Waals surface area contributed by atoms with Crippen molar-refractivity contribution in [2.24, 2.45) is 5.41 Å². The minimum absolute atomic E-state index is 0.00309. The number of nitrogens with one attached hydrogen (secondary N) is 1. The normalized spacial score (nSPS) is 13.0. The highest BCUT2D eigenvalue weighted by Crippen LogP contribution is 2.36. The summed E-state index contributed by atoms with van der Waals surface area (Å²) in [5, 5.41) is 3.50. The minimum Gasteiger partial charge on any atom is -0.464 e. The van der Waals surface area contributed by atoms with Gasteiger partial charge in [-0.05, 0) is 17.5 Å². The van der Waals surface area contributed by atoms with Gasteiger partial charge in [-0.15, -0.1) is 0 Å². The molecule has 6 nitrogen and oxygen atoms in total. The van der Waals surface area contributed by atoms with E-state index in [1.165, 1.54) is 0 Å². The number of imidazole rings is 1. The average molecular weight is 325 g/mol. The molecule has 0 saturated carbocycles. The van der Waals surface area contributed by atoms with Crippen molar-refractivity contribution < 1.29 is 4.42 Å². The van der Waals surface area contributed by atoms with E-state index in [4.69, 9.17) is 4.42 Å². The molecule has 3 aromatic rings. The minimum atomic E-state index is -0.0387. The summed E-state index contributed by atoms with van der Waals surface area (Å²) < 4.78 is 7.82. The number of furan rings is 1. The highest BCUT2D eigenvalue weighted by Gasteiger charge is 2.29. The van der Waals surface area contributed by atoms with Crippen LogP contribution in [0.4, 0.5) is 5.82 Å². The first-order chi connectivity index (χ1) is 11.5. The van der Waals surface area contributed by atoms with E-state index in [1.54, 1.807) is 18.9 Å². The van der Waals surface area contributed by atoms with Gasteiger partial charge in [-0.1, -0.05) is 27.7 Å². The second kappa shape index (κ2) is 6.47. The highest BCUT2D eigenvalue weighted by molar-refractivity contribution is 5.42. The zero-order valence-electron chi connectivity index (χ0n) is 14.5. The molecule has 0 aliphatic rings. The molecule has 0 amide bonds. The second-order valence-corrected chi connectivity index (χ2v) is 6.83. The molecule has 0 bridgehead atoms. The molecular weight excluding hydrogens is 302 g/mol. The van der Waals surface area contributed by atoms with Gasteiger partial charge in [0, 0.05) is 24.9 Å². The van der Waals surface area contributed by atoms with Crippen LogP contribution in [0.25, 0.3) is 5.82 Å². The van der Waals surface area contributed by atoms with Gasteiger partial charge in [0.2, 0.25) is 0 Å². The van der Waals surface area contributed by atoms with Crippen LogP contribution in [-0.2, 0) is 6.42 Å². The lowest BCUT2D eigenvalue weighted by Crippen LogP contribution is -2.26. The third-order valence-corrected chi connectivity index (χ3v) is 3.90. The van der Waals surface area contributed by atoms with Crippen molar-refractivity contribution in [1.82, 2.24) is 19.5 Å². The summed E-state index contributed by atoms with van der Waals surface area (Å²) in [4.78, 5) is 12.7. The Balaban J connectivity index is 1.89. The average Bonchev–Trinajstić information content (AvgIpc) is 3.23. The Morgan fingerprint density at radius 1 is 1.25 bits per heavy atom. The van der Waals surface area contributed by atoms with Gasteiger partial charge in [0.1, 0.15) is 35.8 Å². The molecule has 0 saturated heterocycles. The Morgan fingerprint density at radius 2 is 2.08 bits per heavy atom. The molecule has 0 aliphatic heterocycles. The predicted octanol–water partition coefficient (Wildman–Crippen LogP) is 4.02. The van der Waals surface area contributed by atoms with Crippen molar-refractivity contribution in [1.29, 1.82) is 0 Å². The lowest BCUT2D eigenvalue weighted by molar-refractivity contribution is 0.298. The maximum Gasteiger partial charge on any atom is 0.143 e. The van der Waals surface area contributed by atoms with E-state index in [2.05, 4.69) is 48.0 Å². The van der Waals surface area contributed by atoms with Crippen LogP contribution >= 0.6 is 0 Å². The summed E-state index contributed by atoms with van der Waals surface area (Å²) in [7, 11) is 0. The fourth-order valence-electron chi connectivity index (χ4n) is 2.56. The molecule has 0 radical (unpaired) electrons. The fraction of sp³-hybridized carbons (Fsp3) is 0.389. The van der Waals surface area contributed by atoms with Crippen LogP contribution in [0.2, 0.25) is 0 Å². The van der Waals surface area contributed by atoms with Crippen molar-refractivity contribution in [2.45, 2.75) is 40.2 Å². The van der Waals surface area contributed by atoms with Crippen LogP contribution < -0.4 is 5.32 Å². The standard InChI is InChI=1S/C18H23N5O/c1-5-13-6-7-14(24-13)17(18(2,3)4)22-15-10-16(21-11-20-15)23-9-8-19-12-23/h6-12,17H,5H2,1-4H3,(H,20,21,22). The summed E-state index contributed by atoms with van der Waals surface area (Å²) >= 11 is 0. The number of nitrogens with zero attached hydrogens (tertiary/aromatic N) is 4. The number of aromatic nitrogens is 4. The molecule has 24 heavy (non-hydrogen) atoms. The van der Waals surface area contributed by atoms with E-state index in [1.807, 2.05) is 29.0 Å². The number of rotatable bonds is 5. The lowest BCUT2D eigenvalue weighted by atomic mass is 9.85. The van der Waals surface area contributed by atoms with Crippen molar-refractivity contribution >= 4 is 5.82 Å². The number of hydrogen-bond donors (Lipinski definition) is 1. The fourth-order valence-corrected chi connectivity index (χ4v) is 2.56. The van der Waals surface area contributed by atoms with Crippen LogP contribution in [0, 0.1) is 5.41 Å². The van der Waals surface area contributed by atoms with E-state index in [0.717, 1.165) is 29.6 Å². The molecule has 0 aromatic carbocycles. The first kappa shape index (κ1) is 16.2. The zero-order valence-corrected chi connectivity index (χ0v) is 14.5. The molecule has 1 N–H and O–H groups in total. The lowest BCUT2D eigenvalue weighted by Gasteiger charge is -2.30. The Morgan fingerprint density at radius 3 is 2.71 bits per heavy atom. The summed E-state index contributed by atoms with van der Waals surface area (Å²) in [6.45, 7) is 8.62. The Bertz CT molecular complexity index is 786. The molecule has 0 spiro atoms. The van der Waals surface area contributed by atoms with Crippen LogP contribution in [-0.4, -0.2) is 19.5 Å². The van der Waals surface area contributed by atoms with Gasteiger partial charge in [0.05, 0.1) is 6.04 Å². The van der Waals surface area contributed by atoms with Crippen LogP contribution in [0.5, 0.6) is 0 Å². The number of hydrogen-bond acceptors (Lipinski definition) is 5. The molecule has 1 unspecified atom stereocenters. The predicted molar refractivity (Wildman–Crippen MR) is 93.1 cm³/mol. The summed E-state index contributed by atoms with van der Waals surface area (Å²) in [6, 6.07) is 5.99. The van der Waals surface area contributed by atoms with Gasteiger partial charge in [-0.25, -0.2) is 15.0 Å². The number of aryl methyl sites for hydroxylation is 1. The van der Waals surface area contributed by atoms with Gasteiger partial charge in [0.15, 0.2) is 0 Å². The molecule has 1 atom stereocenters. The topological polar surface area (TPSA) is 68.8 Å². The van der Waals surface area contributed by atoms with Gasteiger partial charge in [-0.3, -0.25) is 4.57 Å². The van der Waals surface area contributed by atoms with Crippen molar-refractivity contribution in [3.8, 4) is 5.82 Å². The monoisotopic (exact) mass is 325 g/mol. The molecule has 126 valence electrons. The molecular formula is C18H23N5O. The zero-order chi connectivity index (χ0) is 17.2. The molecule has 3 aromatic heterocycles. The second-order valence-electron chi connectivity index (χ2n) is 6.83. The summed E-state index contributed by atoms with van der Waals surface area (Å²) in [5.41, 5.74) is -0.0387. The SMILES string of the molecule is CCc1ccc(C(Nc2cc(-n3ccnc3)ncn2)C(C)(C)C)o1. The van der Waals surface area contributed by atoms with E-state index in [0.29, 0.717) is 0 Å². The molecule has 6 heteroatoms. The Kier molecular flexibility index (Phi) is 4.38. The smallest absolute Gasteiger partial charge is 0.143 e. The van der Waals surface area contributed by atoms with E-state index < -0.39 is 0 Å². The summed E-state index contributed by atoms with van der Waals surface area (Å²) in [6.07, 6.45) is 7.73. The van der Waals surface area contributed by atoms with Gasteiger partial charge >= 0.3 is 0 Å². The Hall–Kier alpha value is -2.63. The van der Waals surface area contributed by atoms with Crippen molar-refractivity contribution in [2.75, 3.05) is 5.32 Å². The first-order valence-corrected chi connectivity index (χ1v) is 8.13. The van der Waals surface area contributed by atoms with Gasteiger partial charge in [0.25, 0.3) is 0 Å². The Labute approximate surface area is 142 Å². The third-order valence-electron chi connectivity index (χ3n) is 3.90. The van der Waals surface area contributed by atoms with E-state index >= 15 is 0 Å². The van der Waals surface area contributed by atoms with Crippen LogP contribution in [0.15, 0.2) is 47.7 Å². The molecule has 3 rings (SSSR count). The maximum atomic E-state index is 5.98. The van der Waals surface area contributed by atoms with Crippen LogP contribution in [0.1, 0.15) is 45.3 Å². The van der Waals surface area contributed by atoms with Gasteiger partial charge in [-0.2, -0.15) is 0 Å². The highest BCUT2D eigenvalue weighted by atomic mass is 16.3. The summed E-state index contributed by atoms with van der Waals surface area (Å²) in [5.74, 6) is 3.43. The largest absolute Gasteiger partial charge is 0.464 e. The molecule has 0 aliphatic carbocycles. The van der Waals surface area contributed by atoms with Crippen molar-refractivity contribution in [3.63, 3.8) is 0 Å². The molecule has 0 fully saturated rings. The maximum absolute atomic E-state index is 5.98. The molecule has 3 heterocycles. The van der Waals surface area contributed by atoms with Crippen LogP contribution in [0.3, 0.4) is 0 Å². The number of anilines is 1. The van der Waals surface area contributed by atoms with Crippen molar-refractivity contribution in [3.05, 3.63) is 54.8 Å². The third kappa shape index (κ3) is 3.48. The van der Waals surface area contributed by atoms with E-state index in [9.17, 15) is 0 Å². The van der Waals surface area contributed by atoms with E-state index in [-0.39, 0.29) is 11.5 Å². The van der Waals surface area contributed by atoms with Gasteiger partial charge < -0.3 is 9.73 Å².